The van der Waals surface area contributed by atoms with E-state index in [-0.39, 0.29) is 5.56 Å². The first-order chi connectivity index (χ1) is 9.97. The summed E-state index contributed by atoms with van der Waals surface area (Å²) in [6, 6.07) is 9.81. The summed E-state index contributed by atoms with van der Waals surface area (Å²) in [5.41, 5.74) is 0.840. The summed E-state index contributed by atoms with van der Waals surface area (Å²) >= 11 is 3.30. The maximum absolute atomic E-state index is 13.4. The fourth-order valence-electron chi connectivity index (χ4n) is 1.56. The Hall–Kier alpha value is -2.08. The summed E-state index contributed by atoms with van der Waals surface area (Å²) in [4.78, 5) is 16.3. The SMILES string of the molecule is C/C(=N\OC(=O)c1ccc(F)cc1F)c1ccc(Br)cc1. The smallest absolute Gasteiger partial charge is 0.312 e. The van der Waals surface area contributed by atoms with Crippen LogP contribution in [0.4, 0.5) is 8.78 Å². The molecule has 0 fully saturated rings. The third-order valence-electron chi connectivity index (χ3n) is 2.68. The molecule has 0 radical (unpaired) electrons. The Bertz CT molecular complexity index is 699. The van der Waals surface area contributed by atoms with Gasteiger partial charge < -0.3 is 4.84 Å². The molecule has 2 rings (SSSR count). The summed E-state index contributed by atoms with van der Waals surface area (Å²) in [6.07, 6.45) is 0. The normalized spacial score (nSPS) is 11.3. The summed E-state index contributed by atoms with van der Waals surface area (Å²) in [5.74, 6) is -2.74. The molecule has 0 aliphatic rings. The van der Waals surface area contributed by atoms with Crippen molar-refractivity contribution >= 4 is 27.6 Å². The molecule has 108 valence electrons. The van der Waals surface area contributed by atoms with Crippen LogP contribution >= 0.6 is 15.9 Å². The van der Waals surface area contributed by atoms with Gasteiger partial charge in [-0.3, -0.25) is 0 Å². The van der Waals surface area contributed by atoms with Crippen LogP contribution < -0.4 is 0 Å². The largest absolute Gasteiger partial charge is 0.368 e. The Morgan fingerprint density at radius 1 is 1.14 bits per heavy atom. The molecule has 0 saturated heterocycles. The van der Waals surface area contributed by atoms with E-state index in [2.05, 4.69) is 25.9 Å². The first-order valence-electron chi connectivity index (χ1n) is 5.94. The van der Waals surface area contributed by atoms with E-state index in [4.69, 9.17) is 0 Å². The molecule has 0 N–H and O–H groups in total. The van der Waals surface area contributed by atoms with Crippen molar-refractivity contribution in [2.24, 2.45) is 5.16 Å². The van der Waals surface area contributed by atoms with E-state index in [1.54, 1.807) is 19.1 Å². The van der Waals surface area contributed by atoms with Crippen LogP contribution in [0.3, 0.4) is 0 Å². The lowest BCUT2D eigenvalue weighted by Gasteiger charge is -2.02. The van der Waals surface area contributed by atoms with Crippen LogP contribution in [0.5, 0.6) is 0 Å². The monoisotopic (exact) mass is 353 g/mol. The quantitative estimate of drug-likeness (QED) is 0.468. The van der Waals surface area contributed by atoms with E-state index in [9.17, 15) is 13.6 Å². The highest BCUT2D eigenvalue weighted by molar-refractivity contribution is 9.10. The number of nitrogens with zero attached hydrogens (tertiary/aromatic N) is 1. The fourth-order valence-corrected chi connectivity index (χ4v) is 1.82. The average Bonchev–Trinajstić information content (AvgIpc) is 2.45. The van der Waals surface area contributed by atoms with E-state index in [0.717, 1.165) is 22.2 Å². The average molecular weight is 354 g/mol. The first kappa shape index (κ1) is 15.3. The second-order valence-electron chi connectivity index (χ2n) is 4.19. The predicted octanol–water partition coefficient (Wildman–Crippen LogP) is 4.31. The van der Waals surface area contributed by atoms with Gasteiger partial charge >= 0.3 is 5.97 Å². The molecule has 0 aliphatic heterocycles. The maximum atomic E-state index is 13.4. The van der Waals surface area contributed by atoms with Gasteiger partial charge in [-0.2, -0.15) is 0 Å². The number of hydrogen-bond acceptors (Lipinski definition) is 3. The van der Waals surface area contributed by atoms with Crippen molar-refractivity contribution in [3.63, 3.8) is 0 Å². The molecule has 0 amide bonds. The van der Waals surface area contributed by atoms with Crippen molar-refractivity contribution in [3.05, 3.63) is 69.7 Å². The summed E-state index contributed by atoms with van der Waals surface area (Å²) < 4.78 is 27.1. The summed E-state index contributed by atoms with van der Waals surface area (Å²) in [6.45, 7) is 1.65. The molecule has 0 heterocycles. The highest BCUT2D eigenvalue weighted by Crippen LogP contribution is 2.13. The van der Waals surface area contributed by atoms with Crippen LogP contribution in [-0.2, 0) is 4.84 Å². The van der Waals surface area contributed by atoms with Gasteiger partial charge in [0.15, 0.2) is 0 Å². The lowest BCUT2D eigenvalue weighted by Crippen LogP contribution is -2.06. The lowest BCUT2D eigenvalue weighted by molar-refractivity contribution is 0.0511. The van der Waals surface area contributed by atoms with Gasteiger partial charge in [0.1, 0.15) is 11.6 Å². The van der Waals surface area contributed by atoms with E-state index in [1.165, 1.54) is 0 Å². The number of halogens is 3. The topological polar surface area (TPSA) is 38.7 Å². The lowest BCUT2D eigenvalue weighted by atomic mass is 10.1. The highest BCUT2D eigenvalue weighted by Gasteiger charge is 2.14. The van der Waals surface area contributed by atoms with Crippen molar-refractivity contribution in [1.82, 2.24) is 0 Å². The number of carbonyl (C=O) groups is 1. The van der Waals surface area contributed by atoms with Crippen molar-refractivity contribution in [2.75, 3.05) is 0 Å². The highest BCUT2D eigenvalue weighted by atomic mass is 79.9. The van der Waals surface area contributed by atoms with Crippen LogP contribution in [0.2, 0.25) is 0 Å². The predicted molar refractivity (Wildman–Crippen MR) is 78.1 cm³/mol. The van der Waals surface area contributed by atoms with Crippen LogP contribution in [0.25, 0.3) is 0 Å². The number of rotatable bonds is 3. The van der Waals surface area contributed by atoms with Crippen LogP contribution in [0.15, 0.2) is 52.1 Å². The number of hydrogen-bond donors (Lipinski definition) is 0. The number of carbonyl (C=O) groups excluding carboxylic acids is 1. The molecular weight excluding hydrogens is 344 g/mol. The number of benzene rings is 2. The van der Waals surface area contributed by atoms with E-state index >= 15 is 0 Å². The zero-order chi connectivity index (χ0) is 15.4. The fraction of sp³-hybridized carbons (Fsp3) is 0.0667. The minimum atomic E-state index is -0.989. The molecule has 0 spiro atoms. The Balaban J connectivity index is 2.12. The first-order valence-corrected chi connectivity index (χ1v) is 6.73. The molecule has 0 atom stereocenters. The van der Waals surface area contributed by atoms with Gasteiger partial charge in [-0.1, -0.05) is 33.2 Å². The molecule has 3 nitrogen and oxygen atoms in total. The van der Waals surface area contributed by atoms with Crippen molar-refractivity contribution in [3.8, 4) is 0 Å². The van der Waals surface area contributed by atoms with Crippen molar-refractivity contribution in [1.29, 1.82) is 0 Å². The molecule has 2 aromatic rings. The summed E-state index contributed by atoms with van der Waals surface area (Å²) in [5, 5.41) is 3.66. The molecule has 0 aliphatic carbocycles. The van der Waals surface area contributed by atoms with Crippen molar-refractivity contribution in [2.45, 2.75) is 6.92 Å². The summed E-state index contributed by atoms with van der Waals surface area (Å²) in [7, 11) is 0. The second-order valence-corrected chi connectivity index (χ2v) is 5.10. The van der Waals surface area contributed by atoms with Crippen LogP contribution in [-0.4, -0.2) is 11.7 Å². The minimum absolute atomic E-state index is 0.372. The second kappa shape index (κ2) is 6.58. The molecule has 0 unspecified atom stereocenters. The molecule has 21 heavy (non-hydrogen) atoms. The standard InChI is InChI=1S/C15H10BrF2NO2/c1-9(10-2-4-11(16)5-3-10)19-21-15(20)13-7-6-12(17)8-14(13)18/h2-8H,1H3/b19-9+. The molecule has 6 heteroatoms. The molecule has 0 bridgehead atoms. The van der Waals surface area contributed by atoms with Gasteiger partial charge in [0.2, 0.25) is 0 Å². The van der Waals surface area contributed by atoms with Gasteiger partial charge in [-0.05, 0) is 36.8 Å². The van der Waals surface area contributed by atoms with Crippen LogP contribution in [0, 0.1) is 11.6 Å². The van der Waals surface area contributed by atoms with Gasteiger partial charge in [-0.15, -0.1) is 0 Å². The van der Waals surface area contributed by atoms with Gasteiger partial charge in [0.05, 0.1) is 11.3 Å². The van der Waals surface area contributed by atoms with E-state index in [0.29, 0.717) is 11.8 Å². The Morgan fingerprint density at radius 2 is 1.81 bits per heavy atom. The minimum Gasteiger partial charge on any atom is -0.312 e. The third-order valence-corrected chi connectivity index (χ3v) is 3.21. The molecule has 0 saturated carbocycles. The Kier molecular flexibility index (Phi) is 4.80. The Labute approximate surface area is 128 Å². The van der Waals surface area contributed by atoms with Gasteiger partial charge in [0, 0.05) is 10.5 Å². The zero-order valence-corrected chi connectivity index (χ0v) is 12.5. The Morgan fingerprint density at radius 3 is 2.43 bits per heavy atom. The molecule has 0 aromatic heterocycles. The van der Waals surface area contributed by atoms with Gasteiger partial charge in [-0.25, -0.2) is 13.6 Å². The zero-order valence-electron chi connectivity index (χ0n) is 10.9. The van der Waals surface area contributed by atoms with Gasteiger partial charge in [0.25, 0.3) is 0 Å². The molecular formula is C15H10BrF2NO2. The molecule has 2 aromatic carbocycles. The van der Waals surface area contributed by atoms with E-state index in [1.807, 2.05) is 12.1 Å². The van der Waals surface area contributed by atoms with Crippen molar-refractivity contribution < 1.29 is 18.4 Å². The van der Waals surface area contributed by atoms with E-state index < -0.39 is 17.6 Å². The van der Waals surface area contributed by atoms with Crippen LogP contribution in [0.1, 0.15) is 22.8 Å². The maximum Gasteiger partial charge on any atom is 0.368 e. The third kappa shape index (κ3) is 3.95. The number of oxime groups is 1.